The summed E-state index contributed by atoms with van der Waals surface area (Å²) in [4.78, 5) is 14.5. The minimum atomic E-state index is -0.361. The summed E-state index contributed by atoms with van der Waals surface area (Å²) >= 11 is 0. The van der Waals surface area contributed by atoms with E-state index in [1.165, 1.54) is 6.07 Å². The van der Waals surface area contributed by atoms with Crippen molar-refractivity contribution in [1.82, 2.24) is 4.98 Å². The minimum Gasteiger partial charge on any atom is -0.467 e. The second kappa shape index (κ2) is 6.74. The molecule has 4 rings (SSSR count). The molecule has 0 radical (unpaired) electrons. The average Bonchev–Trinajstić information content (AvgIpc) is 3.05. The van der Waals surface area contributed by atoms with Crippen molar-refractivity contribution in [2.45, 2.75) is 6.92 Å². The summed E-state index contributed by atoms with van der Waals surface area (Å²) in [6.45, 7) is 2.01. The van der Waals surface area contributed by atoms with Crippen LogP contribution in [0.25, 0.3) is 32.9 Å². The Morgan fingerprint density at radius 3 is 2.56 bits per heavy atom. The van der Waals surface area contributed by atoms with Crippen molar-refractivity contribution < 1.29 is 14.4 Å². The van der Waals surface area contributed by atoms with Crippen molar-refractivity contribution in [2.75, 3.05) is 13.9 Å². The lowest BCUT2D eigenvalue weighted by atomic mass is 9.95. The number of ether oxygens (including phenoxy) is 2. The van der Waals surface area contributed by atoms with Gasteiger partial charge in [-0.1, -0.05) is 30.3 Å². The molecule has 4 aromatic rings. The molecule has 1 N–H and O–H groups in total. The van der Waals surface area contributed by atoms with Crippen molar-refractivity contribution >= 4 is 27.5 Å². The molecule has 0 unspecified atom stereocenters. The predicted octanol–water partition coefficient (Wildman–Crippen LogP) is 5.19. The zero-order valence-corrected chi connectivity index (χ0v) is 15.0. The molecule has 1 aromatic heterocycles. The van der Waals surface area contributed by atoms with E-state index in [0.29, 0.717) is 11.3 Å². The van der Waals surface area contributed by atoms with Crippen molar-refractivity contribution in [3.8, 4) is 16.9 Å². The maximum Gasteiger partial charge on any atom is 0.277 e. The second-order valence-corrected chi connectivity index (χ2v) is 6.30. The highest BCUT2D eigenvalue weighted by molar-refractivity contribution is 6.12. The van der Waals surface area contributed by atoms with Gasteiger partial charge in [-0.25, -0.2) is 0 Å². The molecule has 0 amide bonds. The number of benzene rings is 3. The zero-order valence-electron chi connectivity index (χ0n) is 15.0. The van der Waals surface area contributed by atoms with E-state index in [0.717, 1.165) is 32.9 Å². The largest absolute Gasteiger partial charge is 0.467 e. The van der Waals surface area contributed by atoms with Gasteiger partial charge in [0.05, 0.1) is 16.0 Å². The van der Waals surface area contributed by atoms with E-state index in [2.05, 4.69) is 4.98 Å². The number of H-pyrrole nitrogens is 1. The standard InChI is InChI=1S/C21H18N2O4/c1-13-16(14-7-4-6-10-19(14)23(24)25)11-18-20(21(13)27-12-26-2)15-8-3-5-9-17(15)22-18/h3-11,22H,12H2,1-2H3. The highest BCUT2D eigenvalue weighted by Crippen LogP contribution is 2.43. The predicted molar refractivity (Wildman–Crippen MR) is 105 cm³/mol. The molecule has 136 valence electrons. The Balaban J connectivity index is 2.07. The maximum atomic E-state index is 11.5. The van der Waals surface area contributed by atoms with Gasteiger partial charge in [-0.2, -0.15) is 0 Å². The molecule has 27 heavy (non-hydrogen) atoms. The third kappa shape index (κ3) is 2.80. The van der Waals surface area contributed by atoms with Crippen molar-refractivity contribution in [3.63, 3.8) is 0 Å². The van der Waals surface area contributed by atoms with E-state index in [1.807, 2.05) is 37.3 Å². The first kappa shape index (κ1) is 17.1. The topological polar surface area (TPSA) is 77.4 Å². The van der Waals surface area contributed by atoms with Gasteiger partial charge in [0.25, 0.3) is 5.69 Å². The molecular weight excluding hydrogens is 344 g/mol. The lowest BCUT2D eigenvalue weighted by molar-refractivity contribution is -0.384. The summed E-state index contributed by atoms with van der Waals surface area (Å²) < 4.78 is 11.0. The molecule has 0 aliphatic rings. The number of nitro benzene ring substituents is 1. The zero-order chi connectivity index (χ0) is 19.0. The van der Waals surface area contributed by atoms with Crippen LogP contribution in [0.5, 0.6) is 5.75 Å². The van der Waals surface area contributed by atoms with E-state index in [1.54, 1.807) is 25.3 Å². The SMILES string of the molecule is COCOc1c(C)c(-c2ccccc2[N+](=O)[O-])cc2[nH]c3ccccc3c12. The average molecular weight is 362 g/mol. The Bertz CT molecular complexity index is 1160. The van der Waals surface area contributed by atoms with Gasteiger partial charge in [0.15, 0.2) is 6.79 Å². The summed E-state index contributed by atoms with van der Waals surface area (Å²) in [5, 5.41) is 13.5. The van der Waals surface area contributed by atoms with Crippen molar-refractivity contribution in [2.24, 2.45) is 0 Å². The summed E-state index contributed by atoms with van der Waals surface area (Å²) in [6.07, 6.45) is 0. The van der Waals surface area contributed by atoms with E-state index in [-0.39, 0.29) is 17.4 Å². The molecule has 6 nitrogen and oxygen atoms in total. The summed E-state index contributed by atoms with van der Waals surface area (Å²) in [5.74, 6) is 0.667. The summed E-state index contributed by atoms with van der Waals surface area (Å²) in [5.41, 5.74) is 4.05. The first-order chi connectivity index (χ1) is 13.1. The van der Waals surface area contributed by atoms with Crippen LogP contribution in [-0.4, -0.2) is 23.8 Å². The van der Waals surface area contributed by atoms with Crippen LogP contribution in [0.4, 0.5) is 5.69 Å². The Kier molecular flexibility index (Phi) is 4.25. The van der Waals surface area contributed by atoms with E-state index in [4.69, 9.17) is 9.47 Å². The fraction of sp³-hybridized carbons (Fsp3) is 0.143. The van der Waals surface area contributed by atoms with Gasteiger partial charge in [-0.05, 0) is 30.7 Å². The molecule has 1 heterocycles. The Hall–Kier alpha value is -3.38. The molecule has 0 spiro atoms. The van der Waals surface area contributed by atoms with Gasteiger partial charge in [-0.15, -0.1) is 0 Å². The van der Waals surface area contributed by atoms with Crippen LogP contribution in [-0.2, 0) is 4.74 Å². The van der Waals surface area contributed by atoms with Crippen LogP contribution < -0.4 is 4.74 Å². The molecular formula is C21H18N2O4. The number of hydrogen-bond donors (Lipinski definition) is 1. The first-order valence-corrected chi connectivity index (χ1v) is 8.51. The monoisotopic (exact) mass is 362 g/mol. The summed E-state index contributed by atoms with van der Waals surface area (Å²) in [6, 6.07) is 16.6. The third-order valence-electron chi connectivity index (χ3n) is 4.71. The van der Waals surface area contributed by atoms with Gasteiger partial charge in [0.2, 0.25) is 0 Å². The van der Waals surface area contributed by atoms with Gasteiger partial charge in [0.1, 0.15) is 5.75 Å². The lowest BCUT2D eigenvalue weighted by Gasteiger charge is -2.15. The number of hydrogen-bond acceptors (Lipinski definition) is 4. The van der Waals surface area contributed by atoms with Crippen molar-refractivity contribution in [3.05, 3.63) is 70.3 Å². The molecule has 6 heteroatoms. The number of fused-ring (bicyclic) bond motifs is 3. The van der Waals surface area contributed by atoms with Crippen LogP contribution in [0.2, 0.25) is 0 Å². The quantitative estimate of drug-likeness (QED) is 0.301. The number of para-hydroxylation sites is 2. The Morgan fingerprint density at radius 1 is 1.04 bits per heavy atom. The molecule has 0 atom stereocenters. The van der Waals surface area contributed by atoms with Crippen LogP contribution >= 0.6 is 0 Å². The summed E-state index contributed by atoms with van der Waals surface area (Å²) in [7, 11) is 1.56. The fourth-order valence-electron chi connectivity index (χ4n) is 3.52. The van der Waals surface area contributed by atoms with Gasteiger partial charge >= 0.3 is 0 Å². The smallest absolute Gasteiger partial charge is 0.277 e. The molecule has 3 aromatic carbocycles. The Labute approximate surface area is 155 Å². The number of nitrogens with one attached hydrogen (secondary N) is 1. The van der Waals surface area contributed by atoms with Crippen LogP contribution in [0, 0.1) is 17.0 Å². The number of aromatic amines is 1. The second-order valence-electron chi connectivity index (χ2n) is 6.30. The first-order valence-electron chi connectivity index (χ1n) is 8.51. The van der Waals surface area contributed by atoms with Crippen LogP contribution in [0.3, 0.4) is 0 Å². The highest BCUT2D eigenvalue weighted by atomic mass is 16.7. The number of aromatic nitrogens is 1. The maximum absolute atomic E-state index is 11.5. The Morgan fingerprint density at radius 2 is 1.78 bits per heavy atom. The minimum absolute atomic E-state index is 0.0637. The van der Waals surface area contributed by atoms with E-state index >= 15 is 0 Å². The molecule has 0 saturated carbocycles. The van der Waals surface area contributed by atoms with Crippen molar-refractivity contribution in [1.29, 1.82) is 0 Å². The lowest BCUT2D eigenvalue weighted by Crippen LogP contribution is -2.02. The number of methoxy groups -OCH3 is 1. The molecule has 0 saturated heterocycles. The molecule has 0 aliphatic carbocycles. The molecule has 0 fully saturated rings. The van der Waals surface area contributed by atoms with Gasteiger partial charge in [-0.3, -0.25) is 10.1 Å². The normalized spacial score (nSPS) is 11.2. The number of nitro groups is 1. The van der Waals surface area contributed by atoms with Gasteiger partial charge < -0.3 is 14.5 Å². The van der Waals surface area contributed by atoms with E-state index < -0.39 is 0 Å². The number of rotatable bonds is 5. The van der Waals surface area contributed by atoms with E-state index in [9.17, 15) is 10.1 Å². The molecule has 0 aliphatic heterocycles. The van der Waals surface area contributed by atoms with Crippen LogP contribution in [0.1, 0.15) is 5.56 Å². The third-order valence-corrected chi connectivity index (χ3v) is 4.71. The fourth-order valence-corrected chi connectivity index (χ4v) is 3.52. The van der Waals surface area contributed by atoms with Gasteiger partial charge in [0, 0.05) is 35.0 Å². The van der Waals surface area contributed by atoms with Crippen LogP contribution in [0.15, 0.2) is 54.6 Å². The highest BCUT2D eigenvalue weighted by Gasteiger charge is 2.21. The molecule has 0 bridgehead atoms. The number of nitrogens with zero attached hydrogens (tertiary/aromatic N) is 1.